The van der Waals surface area contributed by atoms with E-state index >= 15 is 0 Å². The Kier molecular flexibility index (Phi) is 3.58. The lowest BCUT2D eigenvalue weighted by Crippen LogP contribution is -2.14. The highest BCUT2D eigenvalue weighted by Gasteiger charge is 2.23. The third kappa shape index (κ3) is 2.68. The van der Waals surface area contributed by atoms with Gasteiger partial charge in [0.05, 0.1) is 0 Å². The molecule has 2 atom stereocenters. The molecule has 2 rings (SSSR count). The lowest BCUT2D eigenvalue weighted by Gasteiger charge is -2.26. The van der Waals surface area contributed by atoms with Crippen molar-refractivity contribution in [2.24, 2.45) is 0 Å². The molecule has 0 heterocycles. The molecule has 2 heteroatoms. The Morgan fingerprint density at radius 3 is 2.80 bits per heavy atom. The number of benzene rings is 1. The second kappa shape index (κ2) is 4.76. The molecular weight excluding hydrogens is 227 g/mol. The van der Waals surface area contributed by atoms with E-state index in [1.807, 2.05) is 6.07 Å². The second-order valence-electron chi connectivity index (χ2n) is 4.49. The van der Waals surface area contributed by atoms with Gasteiger partial charge < -0.3 is 0 Å². The van der Waals surface area contributed by atoms with Crippen molar-refractivity contribution in [3.63, 3.8) is 0 Å². The van der Waals surface area contributed by atoms with Crippen LogP contribution in [-0.4, -0.2) is 5.38 Å². The van der Waals surface area contributed by atoms with Gasteiger partial charge in [-0.15, -0.1) is 11.6 Å². The van der Waals surface area contributed by atoms with Crippen molar-refractivity contribution in [2.45, 2.75) is 43.9 Å². The van der Waals surface area contributed by atoms with E-state index in [9.17, 15) is 0 Å². The van der Waals surface area contributed by atoms with E-state index in [-0.39, 0.29) is 0 Å². The first kappa shape index (κ1) is 11.3. The molecule has 15 heavy (non-hydrogen) atoms. The summed E-state index contributed by atoms with van der Waals surface area (Å²) in [7, 11) is 0. The first-order chi connectivity index (χ1) is 7.16. The van der Waals surface area contributed by atoms with Gasteiger partial charge in [-0.3, -0.25) is 0 Å². The summed E-state index contributed by atoms with van der Waals surface area (Å²) in [6.45, 7) is 2.11. The zero-order chi connectivity index (χ0) is 10.8. The van der Waals surface area contributed by atoms with Crippen LogP contribution < -0.4 is 0 Å². The molecule has 0 saturated heterocycles. The standard InChI is InChI=1S/C13H16Cl2/c1-9-5-6-13(15)12(7-9)10-3-2-4-11(14)8-10/h5-7,10-11H,2-4,8H2,1H3. The van der Waals surface area contributed by atoms with Crippen LogP contribution >= 0.6 is 23.2 Å². The third-order valence-electron chi connectivity index (χ3n) is 3.20. The molecule has 0 aromatic heterocycles. The smallest absolute Gasteiger partial charge is 0.0441 e. The number of rotatable bonds is 1. The van der Waals surface area contributed by atoms with Crippen molar-refractivity contribution in [1.29, 1.82) is 0 Å². The molecule has 0 aliphatic heterocycles. The molecule has 0 amide bonds. The molecule has 1 aliphatic rings. The van der Waals surface area contributed by atoms with Crippen molar-refractivity contribution < 1.29 is 0 Å². The highest BCUT2D eigenvalue weighted by molar-refractivity contribution is 6.31. The zero-order valence-corrected chi connectivity index (χ0v) is 10.5. The van der Waals surface area contributed by atoms with Crippen LogP contribution in [0.5, 0.6) is 0 Å². The fourth-order valence-electron chi connectivity index (χ4n) is 2.39. The van der Waals surface area contributed by atoms with E-state index < -0.39 is 0 Å². The molecule has 1 aromatic carbocycles. The van der Waals surface area contributed by atoms with E-state index in [0.717, 1.165) is 17.9 Å². The van der Waals surface area contributed by atoms with E-state index in [0.29, 0.717) is 11.3 Å². The summed E-state index contributed by atoms with van der Waals surface area (Å²) in [5.41, 5.74) is 2.58. The molecule has 2 unspecified atom stereocenters. The SMILES string of the molecule is Cc1ccc(Cl)c(C2CCCC(Cl)C2)c1. The van der Waals surface area contributed by atoms with Crippen LogP contribution in [0.2, 0.25) is 5.02 Å². The second-order valence-corrected chi connectivity index (χ2v) is 5.51. The van der Waals surface area contributed by atoms with Crippen molar-refractivity contribution in [3.8, 4) is 0 Å². The predicted molar refractivity (Wildman–Crippen MR) is 67.0 cm³/mol. The minimum absolute atomic E-state index is 0.334. The first-order valence-corrected chi connectivity index (χ1v) is 6.38. The van der Waals surface area contributed by atoms with E-state index in [1.54, 1.807) is 0 Å². The van der Waals surface area contributed by atoms with Crippen molar-refractivity contribution in [2.75, 3.05) is 0 Å². The maximum Gasteiger partial charge on any atom is 0.0441 e. The molecular formula is C13H16Cl2. The minimum Gasteiger partial charge on any atom is -0.123 e. The van der Waals surface area contributed by atoms with Gasteiger partial charge in [-0.25, -0.2) is 0 Å². The normalized spacial score (nSPS) is 26.6. The van der Waals surface area contributed by atoms with Gasteiger partial charge in [-0.2, -0.15) is 0 Å². The average Bonchev–Trinajstić information content (AvgIpc) is 2.22. The van der Waals surface area contributed by atoms with E-state index in [4.69, 9.17) is 23.2 Å². The van der Waals surface area contributed by atoms with Gasteiger partial charge in [-0.1, -0.05) is 35.7 Å². The molecule has 0 radical (unpaired) electrons. The van der Waals surface area contributed by atoms with E-state index in [2.05, 4.69) is 19.1 Å². The van der Waals surface area contributed by atoms with Gasteiger partial charge in [0.15, 0.2) is 0 Å². The van der Waals surface area contributed by atoms with Crippen molar-refractivity contribution in [1.82, 2.24) is 0 Å². The largest absolute Gasteiger partial charge is 0.123 e. The Morgan fingerprint density at radius 2 is 2.07 bits per heavy atom. The van der Waals surface area contributed by atoms with Crippen LogP contribution in [0.1, 0.15) is 42.7 Å². The van der Waals surface area contributed by atoms with Gasteiger partial charge in [0.25, 0.3) is 0 Å². The van der Waals surface area contributed by atoms with Crippen molar-refractivity contribution in [3.05, 3.63) is 34.3 Å². The summed E-state index contributed by atoms with van der Waals surface area (Å²) < 4.78 is 0. The molecule has 1 saturated carbocycles. The highest BCUT2D eigenvalue weighted by Crippen LogP contribution is 2.38. The van der Waals surface area contributed by atoms with Gasteiger partial charge in [0.1, 0.15) is 0 Å². The summed E-state index contributed by atoms with van der Waals surface area (Å²) in [5.74, 6) is 0.564. The Morgan fingerprint density at radius 1 is 1.27 bits per heavy atom. The number of aryl methyl sites for hydroxylation is 1. The molecule has 0 bridgehead atoms. The molecule has 1 aromatic rings. The fourth-order valence-corrected chi connectivity index (χ4v) is 3.03. The Hall–Kier alpha value is -0.200. The lowest BCUT2D eigenvalue weighted by molar-refractivity contribution is 0.449. The number of hydrogen-bond acceptors (Lipinski definition) is 0. The van der Waals surface area contributed by atoms with Gasteiger partial charge >= 0.3 is 0 Å². The average molecular weight is 243 g/mol. The van der Waals surface area contributed by atoms with Crippen LogP contribution in [-0.2, 0) is 0 Å². The van der Waals surface area contributed by atoms with Crippen LogP contribution in [0, 0.1) is 6.92 Å². The lowest BCUT2D eigenvalue weighted by atomic mass is 9.83. The summed E-state index contributed by atoms with van der Waals surface area (Å²) in [4.78, 5) is 0. The number of halogens is 2. The Balaban J connectivity index is 2.24. The topological polar surface area (TPSA) is 0 Å². The Bertz CT molecular complexity index is 346. The quantitative estimate of drug-likeness (QED) is 0.614. The summed E-state index contributed by atoms with van der Waals surface area (Å²) >= 11 is 12.4. The summed E-state index contributed by atoms with van der Waals surface area (Å²) in [6, 6.07) is 6.28. The molecule has 0 N–H and O–H groups in total. The minimum atomic E-state index is 0.334. The number of hydrogen-bond donors (Lipinski definition) is 0. The van der Waals surface area contributed by atoms with Gasteiger partial charge in [0.2, 0.25) is 0 Å². The fraction of sp³-hybridized carbons (Fsp3) is 0.538. The molecule has 0 nitrogen and oxygen atoms in total. The first-order valence-electron chi connectivity index (χ1n) is 5.57. The van der Waals surface area contributed by atoms with Crippen LogP contribution in [0.25, 0.3) is 0 Å². The van der Waals surface area contributed by atoms with Crippen molar-refractivity contribution >= 4 is 23.2 Å². The number of alkyl halides is 1. The van der Waals surface area contributed by atoms with Crippen LogP contribution in [0.15, 0.2) is 18.2 Å². The predicted octanol–water partition coefficient (Wildman–Crippen LogP) is 4.91. The molecule has 1 aliphatic carbocycles. The summed E-state index contributed by atoms with van der Waals surface area (Å²) in [5, 5.41) is 1.23. The monoisotopic (exact) mass is 242 g/mol. The van der Waals surface area contributed by atoms with Crippen LogP contribution in [0.3, 0.4) is 0 Å². The molecule has 1 fully saturated rings. The summed E-state index contributed by atoms with van der Waals surface area (Å²) in [6.07, 6.45) is 4.68. The van der Waals surface area contributed by atoms with Crippen LogP contribution in [0.4, 0.5) is 0 Å². The highest BCUT2D eigenvalue weighted by atomic mass is 35.5. The van der Waals surface area contributed by atoms with E-state index in [1.165, 1.54) is 24.0 Å². The zero-order valence-electron chi connectivity index (χ0n) is 8.97. The van der Waals surface area contributed by atoms with Gasteiger partial charge in [-0.05, 0) is 43.7 Å². The molecule has 0 spiro atoms. The molecule has 82 valence electrons. The maximum absolute atomic E-state index is 6.23. The van der Waals surface area contributed by atoms with Gasteiger partial charge in [0, 0.05) is 10.4 Å². The third-order valence-corrected chi connectivity index (χ3v) is 3.94. The Labute approximate surface area is 102 Å². The maximum atomic E-state index is 6.23.